The second-order valence-electron chi connectivity index (χ2n) is 6.35. The number of carbonyl (C=O) groups is 3. The van der Waals surface area contributed by atoms with Gasteiger partial charge in [-0.2, -0.15) is 0 Å². The first kappa shape index (κ1) is 22.3. The summed E-state index contributed by atoms with van der Waals surface area (Å²) in [6, 6.07) is 17.3. The van der Waals surface area contributed by atoms with E-state index in [1.165, 1.54) is 31.4 Å². The number of rotatable bonds is 7. The lowest BCUT2D eigenvalue weighted by Gasteiger charge is -2.10. The van der Waals surface area contributed by atoms with E-state index in [4.69, 9.17) is 32.7 Å². The number of hydrogen-bond donors (Lipinski definition) is 1. The van der Waals surface area contributed by atoms with Gasteiger partial charge in [0.05, 0.1) is 23.4 Å². The standard InChI is InChI=1S/C23H17Cl2NO5/c1-30-16-9-6-14(7-10-16)22(28)17-4-2-3-5-18(17)23(29)31-13-21(27)26-20-11-8-15(24)12-19(20)25/h2-12H,13H2,1H3,(H,26,27). The number of halogens is 2. The SMILES string of the molecule is COc1ccc(C(=O)c2ccccc2C(=O)OCC(=O)Nc2ccc(Cl)cc2Cl)cc1. The van der Waals surface area contributed by atoms with Crippen LogP contribution in [-0.2, 0) is 9.53 Å². The predicted octanol–water partition coefficient (Wildman–Crippen LogP) is 5.03. The third-order valence-electron chi connectivity index (χ3n) is 4.28. The van der Waals surface area contributed by atoms with Crippen LogP contribution >= 0.6 is 23.2 Å². The zero-order valence-electron chi connectivity index (χ0n) is 16.4. The summed E-state index contributed by atoms with van der Waals surface area (Å²) in [4.78, 5) is 37.5. The van der Waals surface area contributed by atoms with Crippen LogP contribution < -0.4 is 10.1 Å². The molecule has 0 atom stereocenters. The quantitative estimate of drug-likeness (QED) is 0.397. The highest BCUT2D eigenvalue weighted by molar-refractivity contribution is 6.36. The van der Waals surface area contributed by atoms with Crippen LogP contribution in [-0.4, -0.2) is 31.4 Å². The zero-order valence-corrected chi connectivity index (χ0v) is 17.9. The lowest BCUT2D eigenvalue weighted by molar-refractivity contribution is -0.119. The Morgan fingerprint density at radius 3 is 2.23 bits per heavy atom. The predicted molar refractivity (Wildman–Crippen MR) is 118 cm³/mol. The highest BCUT2D eigenvalue weighted by atomic mass is 35.5. The maximum Gasteiger partial charge on any atom is 0.339 e. The average molecular weight is 458 g/mol. The van der Waals surface area contributed by atoms with E-state index in [0.717, 1.165) is 0 Å². The van der Waals surface area contributed by atoms with Gasteiger partial charge in [0.1, 0.15) is 5.75 Å². The van der Waals surface area contributed by atoms with E-state index in [9.17, 15) is 14.4 Å². The minimum absolute atomic E-state index is 0.0562. The Labute approximate surface area is 188 Å². The van der Waals surface area contributed by atoms with Crippen LogP contribution in [0.4, 0.5) is 5.69 Å². The summed E-state index contributed by atoms with van der Waals surface area (Å²) in [7, 11) is 1.53. The number of ether oxygens (including phenoxy) is 2. The van der Waals surface area contributed by atoms with Crippen LogP contribution in [0.25, 0.3) is 0 Å². The number of nitrogens with one attached hydrogen (secondary N) is 1. The molecule has 0 radical (unpaired) electrons. The Kier molecular flexibility index (Phi) is 7.28. The van der Waals surface area contributed by atoms with E-state index in [1.807, 2.05) is 0 Å². The topological polar surface area (TPSA) is 81.7 Å². The fraction of sp³-hybridized carbons (Fsp3) is 0.0870. The molecule has 3 rings (SSSR count). The van der Waals surface area contributed by atoms with Crippen LogP contribution in [0.1, 0.15) is 26.3 Å². The summed E-state index contributed by atoms with van der Waals surface area (Å²) < 4.78 is 10.2. The lowest BCUT2D eigenvalue weighted by Crippen LogP contribution is -2.22. The number of methoxy groups -OCH3 is 1. The van der Waals surface area contributed by atoms with Crippen molar-refractivity contribution in [3.05, 3.63) is 93.5 Å². The maximum absolute atomic E-state index is 12.9. The first-order valence-electron chi connectivity index (χ1n) is 9.09. The molecule has 31 heavy (non-hydrogen) atoms. The molecule has 1 amide bonds. The molecule has 3 aromatic rings. The van der Waals surface area contributed by atoms with Crippen LogP contribution in [0.15, 0.2) is 66.7 Å². The third kappa shape index (κ3) is 5.63. The van der Waals surface area contributed by atoms with Gasteiger partial charge in [0.2, 0.25) is 0 Å². The van der Waals surface area contributed by atoms with Crippen LogP contribution in [0.5, 0.6) is 5.75 Å². The van der Waals surface area contributed by atoms with Crippen molar-refractivity contribution in [1.82, 2.24) is 0 Å². The monoisotopic (exact) mass is 457 g/mol. The molecule has 0 spiro atoms. The maximum atomic E-state index is 12.9. The molecule has 0 saturated heterocycles. The fourth-order valence-corrected chi connectivity index (χ4v) is 3.20. The molecule has 0 aliphatic rings. The Morgan fingerprint density at radius 1 is 0.903 bits per heavy atom. The van der Waals surface area contributed by atoms with Crippen LogP contribution in [0.2, 0.25) is 10.0 Å². The van der Waals surface area contributed by atoms with Gasteiger partial charge >= 0.3 is 5.97 Å². The number of ketones is 1. The van der Waals surface area contributed by atoms with Crippen molar-refractivity contribution in [3.63, 3.8) is 0 Å². The summed E-state index contributed by atoms with van der Waals surface area (Å²) in [6.45, 7) is -0.553. The van der Waals surface area contributed by atoms with E-state index < -0.39 is 18.5 Å². The van der Waals surface area contributed by atoms with Gasteiger partial charge in [-0.15, -0.1) is 0 Å². The molecule has 6 nitrogen and oxygen atoms in total. The molecule has 0 fully saturated rings. The van der Waals surface area contributed by atoms with Crippen molar-refractivity contribution in [3.8, 4) is 5.75 Å². The fourth-order valence-electron chi connectivity index (χ4n) is 2.74. The van der Waals surface area contributed by atoms with E-state index in [-0.39, 0.29) is 21.9 Å². The van der Waals surface area contributed by atoms with Gasteiger partial charge in [0.15, 0.2) is 12.4 Å². The molecule has 0 unspecified atom stereocenters. The van der Waals surface area contributed by atoms with Crippen molar-refractivity contribution in [2.75, 3.05) is 19.0 Å². The van der Waals surface area contributed by atoms with Gasteiger partial charge in [0.25, 0.3) is 5.91 Å². The summed E-state index contributed by atoms with van der Waals surface area (Å²) >= 11 is 11.8. The number of anilines is 1. The van der Waals surface area contributed by atoms with E-state index in [0.29, 0.717) is 22.0 Å². The lowest BCUT2D eigenvalue weighted by atomic mass is 9.98. The smallest absolute Gasteiger partial charge is 0.339 e. The number of benzene rings is 3. The molecule has 1 N–H and O–H groups in total. The molecule has 158 valence electrons. The molecular formula is C23H17Cl2NO5. The van der Waals surface area contributed by atoms with Crippen molar-refractivity contribution in [2.24, 2.45) is 0 Å². The largest absolute Gasteiger partial charge is 0.497 e. The van der Waals surface area contributed by atoms with Crippen LogP contribution in [0, 0.1) is 0 Å². The molecule has 0 aromatic heterocycles. The van der Waals surface area contributed by atoms with Gasteiger partial charge in [-0.1, -0.05) is 41.4 Å². The van der Waals surface area contributed by atoms with E-state index in [2.05, 4.69) is 5.32 Å². The Balaban J connectivity index is 1.69. The zero-order chi connectivity index (χ0) is 22.4. The van der Waals surface area contributed by atoms with Crippen molar-refractivity contribution in [2.45, 2.75) is 0 Å². The molecule has 3 aromatic carbocycles. The Morgan fingerprint density at radius 2 is 1.58 bits per heavy atom. The van der Waals surface area contributed by atoms with Gasteiger partial charge in [-0.05, 0) is 48.5 Å². The number of hydrogen-bond acceptors (Lipinski definition) is 5. The highest BCUT2D eigenvalue weighted by Gasteiger charge is 2.20. The summed E-state index contributed by atoms with van der Waals surface area (Å²) in [5.74, 6) is -1.13. The highest BCUT2D eigenvalue weighted by Crippen LogP contribution is 2.25. The summed E-state index contributed by atoms with van der Waals surface area (Å²) in [6.07, 6.45) is 0. The Bertz CT molecular complexity index is 1130. The molecule has 0 aliphatic heterocycles. The van der Waals surface area contributed by atoms with Gasteiger partial charge in [-0.3, -0.25) is 9.59 Å². The normalized spacial score (nSPS) is 10.3. The molecule has 8 heteroatoms. The van der Waals surface area contributed by atoms with Gasteiger partial charge < -0.3 is 14.8 Å². The average Bonchev–Trinajstić information content (AvgIpc) is 2.79. The van der Waals surface area contributed by atoms with Crippen molar-refractivity contribution in [1.29, 1.82) is 0 Å². The second-order valence-corrected chi connectivity index (χ2v) is 7.20. The second kappa shape index (κ2) is 10.1. The Hall–Kier alpha value is -3.35. The summed E-state index contributed by atoms with van der Waals surface area (Å²) in [5.41, 5.74) is 0.942. The first-order chi connectivity index (χ1) is 14.9. The number of amides is 1. The number of carbonyl (C=O) groups excluding carboxylic acids is 3. The molecule has 0 heterocycles. The van der Waals surface area contributed by atoms with E-state index in [1.54, 1.807) is 42.5 Å². The van der Waals surface area contributed by atoms with Gasteiger partial charge in [0, 0.05) is 16.1 Å². The number of esters is 1. The first-order valence-corrected chi connectivity index (χ1v) is 9.84. The molecule has 0 aliphatic carbocycles. The molecule has 0 saturated carbocycles. The summed E-state index contributed by atoms with van der Waals surface area (Å²) in [5, 5.41) is 3.21. The van der Waals surface area contributed by atoms with Crippen molar-refractivity contribution >= 4 is 46.5 Å². The van der Waals surface area contributed by atoms with Gasteiger partial charge in [-0.25, -0.2) is 4.79 Å². The van der Waals surface area contributed by atoms with Crippen LogP contribution in [0.3, 0.4) is 0 Å². The molecular weight excluding hydrogens is 441 g/mol. The minimum atomic E-state index is -0.796. The van der Waals surface area contributed by atoms with Crippen molar-refractivity contribution < 1.29 is 23.9 Å². The minimum Gasteiger partial charge on any atom is -0.497 e. The van der Waals surface area contributed by atoms with E-state index >= 15 is 0 Å². The molecule has 0 bridgehead atoms. The third-order valence-corrected chi connectivity index (χ3v) is 4.83.